The molecule has 0 aromatic heterocycles. The molecule has 0 aliphatic carbocycles. The van der Waals surface area contributed by atoms with Gasteiger partial charge < -0.3 is 14.8 Å². The topological polar surface area (TPSA) is 47.6 Å². The van der Waals surface area contributed by atoms with Crippen LogP contribution in [0.5, 0.6) is 0 Å². The van der Waals surface area contributed by atoms with E-state index in [4.69, 9.17) is 9.47 Å². The van der Waals surface area contributed by atoms with E-state index in [0.29, 0.717) is 13.2 Å². The number of amides is 1. The summed E-state index contributed by atoms with van der Waals surface area (Å²) in [4.78, 5) is 11.4. The molecule has 0 radical (unpaired) electrons. The number of methoxy groups -OCH3 is 1. The first kappa shape index (κ1) is 14.5. The molecule has 1 aromatic rings. The summed E-state index contributed by atoms with van der Waals surface area (Å²) >= 11 is 0. The van der Waals surface area contributed by atoms with Gasteiger partial charge in [0.15, 0.2) is 0 Å². The number of ether oxygens (including phenoxy) is 2. The number of rotatable bonds is 6. The summed E-state index contributed by atoms with van der Waals surface area (Å²) in [7, 11) is 1.66. The Bertz CT molecular complexity index is 361. The lowest BCUT2D eigenvalue weighted by atomic mass is 9.91. The predicted octanol–water partition coefficient (Wildman–Crippen LogP) is 2.68. The average molecular weight is 251 g/mol. The third-order valence-corrected chi connectivity index (χ3v) is 3.06. The summed E-state index contributed by atoms with van der Waals surface area (Å²) in [5.74, 6) is 0. The highest BCUT2D eigenvalue weighted by molar-refractivity contribution is 5.67. The molecule has 18 heavy (non-hydrogen) atoms. The lowest BCUT2D eigenvalue weighted by molar-refractivity contribution is -0.0172. The molecule has 0 aliphatic heterocycles. The van der Waals surface area contributed by atoms with Gasteiger partial charge in [0, 0.05) is 7.11 Å². The standard InChI is InChI=1S/C14H21NO3/c1-4-14(17-3,11-15-13(16)18-5-2)12-9-7-6-8-10-12/h6-10H,4-5,11H2,1-3H3,(H,15,16). The molecule has 0 bridgehead atoms. The number of hydrogen-bond acceptors (Lipinski definition) is 3. The van der Waals surface area contributed by atoms with Gasteiger partial charge in [-0.2, -0.15) is 0 Å². The molecular weight excluding hydrogens is 230 g/mol. The van der Waals surface area contributed by atoms with Gasteiger partial charge in [-0.05, 0) is 18.9 Å². The molecule has 1 N–H and O–H groups in total. The van der Waals surface area contributed by atoms with Crippen molar-refractivity contribution in [1.29, 1.82) is 0 Å². The Morgan fingerprint density at radius 2 is 1.94 bits per heavy atom. The Balaban J connectivity index is 2.78. The maximum Gasteiger partial charge on any atom is 0.407 e. The van der Waals surface area contributed by atoms with Gasteiger partial charge in [0.25, 0.3) is 0 Å². The summed E-state index contributed by atoms with van der Waals surface area (Å²) in [5.41, 5.74) is 0.542. The molecule has 1 atom stereocenters. The normalized spacial score (nSPS) is 13.7. The zero-order chi connectivity index (χ0) is 13.4. The first-order valence-electron chi connectivity index (χ1n) is 6.19. The Morgan fingerprint density at radius 1 is 1.28 bits per heavy atom. The number of benzene rings is 1. The second kappa shape index (κ2) is 7.01. The molecule has 100 valence electrons. The van der Waals surface area contributed by atoms with Crippen molar-refractivity contribution in [2.24, 2.45) is 0 Å². The smallest absolute Gasteiger partial charge is 0.407 e. The zero-order valence-corrected chi connectivity index (χ0v) is 11.2. The van der Waals surface area contributed by atoms with Crippen LogP contribution in [0.3, 0.4) is 0 Å². The van der Waals surface area contributed by atoms with Gasteiger partial charge in [-0.1, -0.05) is 37.3 Å². The van der Waals surface area contributed by atoms with Crippen molar-refractivity contribution >= 4 is 6.09 Å². The van der Waals surface area contributed by atoms with Gasteiger partial charge in [0.05, 0.1) is 13.2 Å². The summed E-state index contributed by atoms with van der Waals surface area (Å²) < 4.78 is 10.5. The first-order chi connectivity index (χ1) is 8.68. The van der Waals surface area contributed by atoms with Crippen LogP contribution in [0.1, 0.15) is 25.8 Å². The molecule has 1 aromatic carbocycles. The summed E-state index contributed by atoms with van der Waals surface area (Å²) in [5, 5.41) is 2.74. The second-order valence-corrected chi connectivity index (χ2v) is 3.99. The van der Waals surface area contributed by atoms with Crippen LogP contribution in [0.2, 0.25) is 0 Å². The minimum atomic E-state index is -0.506. The van der Waals surface area contributed by atoms with Crippen LogP contribution in [0, 0.1) is 0 Å². The Hall–Kier alpha value is -1.55. The van der Waals surface area contributed by atoms with Crippen molar-refractivity contribution in [3.63, 3.8) is 0 Å². The third kappa shape index (κ3) is 3.47. The van der Waals surface area contributed by atoms with Crippen LogP contribution in [0.15, 0.2) is 30.3 Å². The molecule has 4 nitrogen and oxygen atoms in total. The quantitative estimate of drug-likeness (QED) is 0.845. The number of nitrogens with one attached hydrogen (secondary N) is 1. The zero-order valence-electron chi connectivity index (χ0n) is 11.2. The van der Waals surface area contributed by atoms with E-state index >= 15 is 0 Å². The largest absolute Gasteiger partial charge is 0.450 e. The maximum absolute atomic E-state index is 11.4. The SMILES string of the molecule is CCOC(=O)NCC(CC)(OC)c1ccccc1. The summed E-state index contributed by atoms with van der Waals surface area (Å²) in [6.07, 6.45) is 0.350. The average Bonchev–Trinajstić information content (AvgIpc) is 2.42. The van der Waals surface area contributed by atoms with Crippen LogP contribution in [-0.4, -0.2) is 26.4 Å². The molecule has 0 fully saturated rings. The Kier molecular flexibility index (Phi) is 5.65. The lowest BCUT2D eigenvalue weighted by Crippen LogP contribution is -2.42. The summed E-state index contributed by atoms with van der Waals surface area (Å²) in [6.45, 7) is 4.57. The van der Waals surface area contributed by atoms with Crippen LogP contribution in [-0.2, 0) is 15.1 Å². The monoisotopic (exact) mass is 251 g/mol. The predicted molar refractivity (Wildman–Crippen MR) is 70.4 cm³/mol. The van der Waals surface area contributed by atoms with Crippen molar-refractivity contribution in [3.8, 4) is 0 Å². The fourth-order valence-corrected chi connectivity index (χ4v) is 1.90. The molecule has 1 unspecified atom stereocenters. The van der Waals surface area contributed by atoms with Gasteiger partial charge in [-0.25, -0.2) is 4.79 Å². The van der Waals surface area contributed by atoms with Crippen molar-refractivity contribution in [2.75, 3.05) is 20.3 Å². The van der Waals surface area contributed by atoms with E-state index in [1.54, 1.807) is 14.0 Å². The minimum Gasteiger partial charge on any atom is -0.450 e. The van der Waals surface area contributed by atoms with Crippen LogP contribution in [0.25, 0.3) is 0 Å². The van der Waals surface area contributed by atoms with Gasteiger partial charge >= 0.3 is 6.09 Å². The Morgan fingerprint density at radius 3 is 2.44 bits per heavy atom. The Labute approximate surface area is 108 Å². The molecule has 0 saturated heterocycles. The van der Waals surface area contributed by atoms with E-state index in [1.807, 2.05) is 37.3 Å². The van der Waals surface area contributed by atoms with E-state index in [2.05, 4.69) is 5.32 Å². The number of alkyl carbamates (subject to hydrolysis) is 1. The van der Waals surface area contributed by atoms with Crippen LogP contribution in [0.4, 0.5) is 4.79 Å². The molecule has 0 saturated carbocycles. The molecular formula is C14H21NO3. The molecule has 1 rings (SSSR count). The lowest BCUT2D eigenvalue weighted by Gasteiger charge is -2.32. The van der Waals surface area contributed by atoms with E-state index in [-0.39, 0.29) is 0 Å². The van der Waals surface area contributed by atoms with Crippen molar-refractivity contribution in [2.45, 2.75) is 25.9 Å². The van der Waals surface area contributed by atoms with E-state index in [1.165, 1.54) is 0 Å². The number of hydrogen-bond donors (Lipinski definition) is 1. The van der Waals surface area contributed by atoms with E-state index < -0.39 is 11.7 Å². The van der Waals surface area contributed by atoms with Crippen molar-refractivity contribution in [3.05, 3.63) is 35.9 Å². The molecule has 1 amide bonds. The van der Waals surface area contributed by atoms with Crippen molar-refractivity contribution in [1.82, 2.24) is 5.32 Å². The maximum atomic E-state index is 11.4. The fraction of sp³-hybridized carbons (Fsp3) is 0.500. The third-order valence-electron chi connectivity index (χ3n) is 3.06. The van der Waals surface area contributed by atoms with Gasteiger partial charge in [-0.3, -0.25) is 0 Å². The second-order valence-electron chi connectivity index (χ2n) is 3.99. The molecule has 0 heterocycles. The highest BCUT2D eigenvalue weighted by atomic mass is 16.5. The van der Waals surface area contributed by atoms with E-state index in [9.17, 15) is 4.79 Å². The van der Waals surface area contributed by atoms with Crippen LogP contribution >= 0.6 is 0 Å². The van der Waals surface area contributed by atoms with Gasteiger partial charge in [-0.15, -0.1) is 0 Å². The first-order valence-corrected chi connectivity index (χ1v) is 6.19. The molecule has 0 aliphatic rings. The number of carbonyl (C=O) groups is 1. The van der Waals surface area contributed by atoms with Crippen molar-refractivity contribution < 1.29 is 14.3 Å². The van der Waals surface area contributed by atoms with Gasteiger partial charge in [0.1, 0.15) is 5.60 Å². The summed E-state index contributed by atoms with van der Waals surface area (Å²) in [6, 6.07) is 9.88. The molecule has 4 heteroatoms. The highest BCUT2D eigenvalue weighted by Gasteiger charge is 2.30. The van der Waals surface area contributed by atoms with E-state index in [0.717, 1.165) is 12.0 Å². The minimum absolute atomic E-state index is 0.364. The van der Waals surface area contributed by atoms with Gasteiger partial charge in [0.2, 0.25) is 0 Å². The molecule has 0 spiro atoms. The van der Waals surface area contributed by atoms with Crippen LogP contribution < -0.4 is 5.32 Å². The highest BCUT2D eigenvalue weighted by Crippen LogP contribution is 2.27. The number of carbonyl (C=O) groups excluding carboxylic acids is 1. The fourth-order valence-electron chi connectivity index (χ4n) is 1.90.